The fourth-order valence-electron chi connectivity index (χ4n) is 6.96. The highest BCUT2D eigenvalue weighted by Crippen LogP contribution is 2.63. The maximum absolute atomic E-state index is 14.0. The molecule has 10 heteroatoms. The van der Waals surface area contributed by atoms with Crippen molar-refractivity contribution in [1.82, 2.24) is 20.8 Å². The van der Waals surface area contributed by atoms with Crippen LogP contribution in [0.3, 0.4) is 0 Å². The van der Waals surface area contributed by atoms with E-state index in [0.717, 1.165) is 11.1 Å². The number of aromatic hydroxyl groups is 1. The van der Waals surface area contributed by atoms with Crippen LogP contribution in [0.25, 0.3) is 11.4 Å². The number of phenolic OH excluding ortho intramolecular Hbond substituents is 1. The van der Waals surface area contributed by atoms with Crippen molar-refractivity contribution < 1.29 is 29.1 Å². The number of ether oxygens (including phenoxy) is 1. The Morgan fingerprint density at radius 1 is 1.21 bits per heavy atom. The van der Waals surface area contributed by atoms with Gasteiger partial charge in [-0.2, -0.15) is 4.98 Å². The number of amides is 1. The van der Waals surface area contributed by atoms with Crippen LogP contribution in [0.2, 0.25) is 0 Å². The van der Waals surface area contributed by atoms with Gasteiger partial charge >= 0.3 is 0 Å². The minimum atomic E-state index is -1.49. The summed E-state index contributed by atoms with van der Waals surface area (Å²) >= 11 is 0. The number of likely N-dealkylation sites (N-methyl/N-ethyl adjacent to an activating group) is 1. The number of aliphatic hydroxyl groups is 1. The second-order valence-corrected chi connectivity index (χ2v) is 11.3. The molecule has 5 atom stereocenters. The molecule has 3 aromatic rings. The molecule has 1 aliphatic heterocycles. The molecule has 1 amide bonds. The molecule has 0 bridgehead atoms. The molecule has 39 heavy (non-hydrogen) atoms. The fourth-order valence-corrected chi connectivity index (χ4v) is 6.96. The first-order valence-corrected chi connectivity index (χ1v) is 13.2. The molecule has 2 aliphatic carbocycles. The Labute approximate surface area is 225 Å². The number of hydrogen-bond donors (Lipinski definition) is 4. The van der Waals surface area contributed by atoms with E-state index < -0.39 is 46.3 Å². The van der Waals surface area contributed by atoms with Gasteiger partial charge < -0.3 is 30.1 Å². The number of carbonyl (C=O) groups excluding carboxylic acids is 2. The standard InChI is InChI=1S/C29H32N4O6/c1-5-28-20-16-11-12-18(34)22(20)38-23(28)21(35)17(14-29(28,37)19(13-16)30-4)25(36)32-27(2,3)26-31-24(33-39-26)15-9-7-6-8-10-15/h6-12,17,19,23,30,34,37H,5,13-14H2,1-4H3,(H,32,36)/t17-,19-,23+,28+,29?/m0/s1. The normalized spacial score (nSPS) is 29.1. The van der Waals surface area contributed by atoms with Crippen LogP contribution < -0.4 is 15.4 Å². The van der Waals surface area contributed by atoms with Gasteiger partial charge in [0, 0.05) is 17.2 Å². The largest absolute Gasteiger partial charge is 0.504 e. The number of Topliss-reactive ketones (excluding diaryl/α,β-unsaturated/α-hetero) is 1. The van der Waals surface area contributed by atoms with Crippen molar-refractivity contribution >= 4 is 11.7 Å². The lowest BCUT2D eigenvalue weighted by Gasteiger charge is -2.57. The molecule has 0 saturated heterocycles. The molecule has 6 rings (SSSR count). The van der Waals surface area contributed by atoms with Crippen LogP contribution in [0.4, 0.5) is 0 Å². The Kier molecular flexibility index (Phi) is 5.64. The first-order valence-electron chi connectivity index (χ1n) is 13.2. The van der Waals surface area contributed by atoms with Gasteiger partial charge in [-0.3, -0.25) is 9.59 Å². The summed E-state index contributed by atoms with van der Waals surface area (Å²) in [5.74, 6) is -1.47. The van der Waals surface area contributed by atoms with Gasteiger partial charge in [0.15, 0.2) is 23.4 Å². The maximum atomic E-state index is 14.0. The zero-order valence-corrected chi connectivity index (χ0v) is 22.3. The molecule has 1 fully saturated rings. The van der Waals surface area contributed by atoms with E-state index in [1.54, 1.807) is 27.0 Å². The van der Waals surface area contributed by atoms with Gasteiger partial charge in [0.05, 0.1) is 11.0 Å². The Morgan fingerprint density at radius 3 is 2.64 bits per heavy atom. The number of rotatable bonds is 6. The van der Waals surface area contributed by atoms with E-state index in [9.17, 15) is 19.8 Å². The third kappa shape index (κ3) is 3.40. The Bertz CT molecular complexity index is 1470. The van der Waals surface area contributed by atoms with E-state index >= 15 is 0 Å². The van der Waals surface area contributed by atoms with Crippen LogP contribution >= 0.6 is 0 Å². The van der Waals surface area contributed by atoms with Gasteiger partial charge in [-0.25, -0.2) is 0 Å². The Morgan fingerprint density at radius 2 is 1.95 bits per heavy atom. The van der Waals surface area contributed by atoms with Gasteiger partial charge in [-0.05, 0) is 51.8 Å². The summed E-state index contributed by atoms with van der Waals surface area (Å²) < 4.78 is 11.6. The van der Waals surface area contributed by atoms with Crippen molar-refractivity contribution in [1.29, 1.82) is 0 Å². The molecule has 2 aromatic carbocycles. The number of aromatic nitrogens is 2. The lowest BCUT2D eigenvalue weighted by molar-refractivity contribution is -0.172. The molecular formula is C29H32N4O6. The number of nitrogens with zero attached hydrogens (tertiary/aromatic N) is 2. The van der Waals surface area contributed by atoms with E-state index in [1.807, 2.05) is 43.3 Å². The zero-order valence-electron chi connectivity index (χ0n) is 22.3. The lowest BCUT2D eigenvalue weighted by Crippen LogP contribution is -2.74. The number of phenols is 1. The van der Waals surface area contributed by atoms with E-state index in [0.29, 0.717) is 24.2 Å². The van der Waals surface area contributed by atoms with Crippen molar-refractivity contribution in [2.75, 3.05) is 7.05 Å². The van der Waals surface area contributed by atoms with Crippen LogP contribution in [-0.2, 0) is 27.0 Å². The predicted molar refractivity (Wildman–Crippen MR) is 140 cm³/mol. The summed E-state index contributed by atoms with van der Waals surface area (Å²) in [5, 5.41) is 33.2. The van der Waals surface area contributed by atoms with Crippen LogP contribution in [0.15, 0.2) is 47.0 Å². The van der Waals surface area contributed by atoms with Crippen LogP contribution in [0.1, 0.15) is 50.6 Å². The molecule has 2 heterocycles. The molecular weight excluding hydrogens is 500 g/mol. The lowest BCUT2D eigenvalue weighted by atomic mass is 9.49. The number of nitrogens with one attached hydrogen (secondary N) is 2. The molecule has 1 unspecified atom stereocenters. The van der Waals surface area contributed by atoms with Crippen molar-refractivity contribution in [3.8, 4) is 22.9 Å². The smallest absolute Gasteiger partial charge is 0.252 e. The molecule has 10 nitrogen and oxygen atoms in total. The van der Waals surface area contributed by atoms with Crippen LogP contribution in [0, 0.1) is 5.92 Å². The minimum Gasteiger partial charge on any atom is -0.504 e. The zero-order chi connectivity index (χ0) is 27.7. The van der Waals surface area contributed by atoms with Gasteiger partial charge in [0.2, 0.25) is 11.7 Å². The number of hydrogen-bond acceptors (Lipinski definition) is 9. The number of benzene rings is 2. The summed E-state index contributed by atoms with van der Waals surface area (Å²) in [4.78, 5) is 32.2. The third-order valence-corrected chi connectivity index (χ3v) is 8.89. The molecule has 0 spiro atoms. The average molecular weight is 533 g/mol. The Hall–Kier alpha value is -3.76. The fraction of sp³-hybridized carbons (Fsp3) is 0.448. The highest BCUT2D eigenvalue weighted by atomic mass is 16.5. The van der Waals surface area contributed by atoms with Crippen LogP contribution in [0.5, 0.6) is 11.5 Å². The van der Waals surface area contributed by atoms with Crippen molar-refractivity contribution in [3.63, 3.8) is 0 Å². The highest BCUT2D eigenvalue weighted by molar-refractivity contribution is 6.06. The molecule has 204 valence electrons. The number of ketones is 1. The Balaban J connectivity index is 1.34. The molecule has 1 saturated carbocycles. The summed E-state index contributed by atoms with van der Waals surface area (Å²) in [6, 6.07) is 12.3. The van der Waals surface area contributed by atoms with Crippen molar-refractivity contribution in [3.05, 3.63) is 59.5 Å². The summed E-state index contributed by atoms with van der Waals surface area (Å²) in [6.07, 6.45) is -0.357. The second kappa shape index (κ2) is 8.62. The first-order chi connectivity index (χ1) is 18.6. The van der Waals surface area contributed by atoms with E-state index in [-0.39, 0.29) is 23.8 Å². The average Bonchev–Trinajstić information content (AvgIpc) is 3.56. The molecule has 4 N–H and O–H groups in total. The van der Waals surface area contributed by atoms with Gasteiger partial charge in [-0.15, -0.1) is 0 Å². The summed E-state index contributed by atoms with van der Waals surface area (Å²) in [6.45, 7) is 5.34. The van der Waals surface area contributed by atoms with E-state index in [4.69, 9.17) is 9.26 Å². The maximum Gasteiger partial charge on any atom is 0.252 e. The second-order valence-electron chi connectivity index (χ2n) is 11.3. The topological polar surface area (TPSA) is 147 Å². The van der Waals surface area contributed by atoms with E-state index in [2.05, 4.69) is 20.8 Å². The van der Waals surface area contributed by atoms with Gasteiger partial charge in [0.25, 0.3) is 5.89 Å². The summed E-state index contributed by atoms with van der Waals surface area (Å²) in [5.41, 5.74) is -1.32. The SMILES string of the molecule is CC[C@@]12c3c4ccc(O)c3O[C@@H]1C(=O)[C@@H](C(=O)NC(C)(C)c1nc(-c3ccccc3)no1)CC2(O)[C@@H](NC)C4. The molecule has 1 aromatic heterocycles. The van der Waals surface area contributed by atoms with Gasteiger partial charge in [-0.1, -0.05) is 48.5 Å². The van der Waals surface area contributed by atoms with Crippen molar-refractivity contribution in [2.45, 2.75) is 68.7 Å². The van der Waals surface area contributed by atoms with Crippen LogP contribution in [-0.4, -0.2) is 56.8 Å². The monoisotopic (exact) mass is 532 g/mol. The predicted octanol–water partition coefficient (Wildman–Crippen LogP) is 2.37. The first kappa shape index (κ1) is 25.5. The van der Waals surface area contributed by atoms with Crippen molar-refractivity contribution in [2.24, 2.45) is 5.92 Å². The van der Waals surface area contributed by atoms with E-state index in [1.165, 1.54) is 0 Å². The summed E-state index contributed by atoms with van der Waals surface area (Å²) in [7, 11) is 1.76. The van der Waals surface area contributed by atoms with Gasteiger partial charge in [0.1, 0.15) is 11.5 Å². The highest BCUT2D eigenvalue weighted by Gasteiger charge is 2.72. The number of carbonyl (C=O) groups is 2. The quantitative estimate of drug-likeness (QED) is 0.351. The molecule has 3 aliphatic rings. The third-order valence-electron chi connectivity index (χ3n) is 8.89. The molecule has 0 radical (unpaired) electrons. The minimum absolute atomic E-state index is 0.0817.